The summed E-state index contributed by atoms with van der Waals surface area (Å²) in [6, 6.07) is 10.1. The molecule has 0 bridgehead atoms. The van der Waals surface area contributed by atoms with Gasteiger partial charge in [0.05, 0.1) is 35.6 Å². The van der Waals surface area contributed by atoms with Gasteiger partial charge in [-0.15, -0.1) is 0 Å². The molecule has 0 saturated heterocycles. The Kier molecular flexibility index (Phi) is 6.11. The third-order valence-electron chi connectivity index (χ3n) is 7.49. The summed E-state index contributed by atoms with van der Waals surface area (Å²) in [5.74, 6) is 0.583. The zero-order valence-corrected chi connectivity index (χ0v) is 22.1. The van der Waals surface area contributed by atoms with Crippen LogP contribution >= 0.6 is 0 Å². The summed E-state index contributed by atoms with van der Waals surface area (Å²) >= 11 is 0. The Bertz CT molecular complexity index is 1930. The Morgan fingerprint density at radius 2 is 1.85 bits per heavy atom. The normalized spacial score (nSPS) is 13.7. The second-order valence-electron chi connectivity index (χ2n) is 10.1. The number of hydrogen-bond acceptors (Lipinski definition) is 7. The predicted molar refractivity (Wildman–Crippen MR) is 153 cm³/mol. The number of aromatic amines is 2. The van der Waals surface area contributed by atoms with Gasteiger partial charge in [-0.25, -0.2) is 14.4 Å². The summed E-state index contributed by atoms with van der Waals surface area (Å²) in [4.78, 5) is 34.1. The van der Waals surface area contributed by atoms with Gasteiger partial charge in [0.15, 0.2) is 11.5 Å². The van der Waals surface area contributed by atoms with E-state index < -0.39 is 5.82 Å². The van der Waals surface area contributed by atoms with Crippen LogP contribution in [-0.2, 0) is 4.79 Å². The standard InChI is InChI=1S/C30H25FN8O2/c1-41-22-10-17(8-20(31)12-22)25-27-24(6-7-33-25)36-29(37-27)26-23-11-19(14-34-28(23)39-38-26)18-9-21(15-32-13-18)35-30(40)16-4-2-3-5-16/h6-16H,2-5H2,1H3,(H,35,40)(H,36,37)(H,34,38,39). The number of hydrogen-bond donors (Lipinski definition) is 3. The molecule has 7 rings (SSSR count). The fourth-order valence-electron chi connectivity index (χ4n) is 5.42. The number of ether oxygens (including phenoxy) is 1. The summed E-state index contributed by atoms with van der Waals surface area (Å²) in [7, 11) is 1.49. The molecule has 3 N–H and O–H groups in total. The fraction of sp³-hybridized carbons (Fsp3) is 0.200. The first-order valence-electron chi connectivity index (χ1n) is 13.4. The molecule has 1 amide bonds. The molecule has 0 unspecified atom stereocenters. The van der Waals surface area contributed by atoms with Gasteiger partial charge in [0.25, 0.3) is 0 Å². The van der Waals surface area contributed by atoms with E-state index in [4.69, 9.17) is 9.72 Å². The van der Waals surface area contributed by atoms with E-state index in [1.807, 2.05) is 12.1 Å². The lowest BCUT2D eigenvalue weighted by atomic mass is 10.1. The fourth-order valence-corrected chi connectivity index (χ4v) is 5.42. The van der Waals surface area contributed by atoms with Crippen molar-refractivity contribution in [2.24, 2.45) is 5.92 Å². The molecule has 0 aliphatic heterocycles. The van der Waals surface area contributed by atoms with Crippen LogP contribution in [0.4, 0.5) is 10.1 Å². The van der Waals surface area contributed by atoms with Crippen LogP contribution in [0.2, 0.25) is 0 Å². The van der Waals surface area contributed by atoms with Gasteiger partial charge in [-0.1, -0.05) is 12.8 Å². The maximum Gasteiger partial charge on any atom is 0.227 e. The van der Waals surface area contributed by atoms with Gasteiger partial charge in [-0.2, -0.15) is 5.10 Å². The third kappa shape index (κ3) is 4.65. The summed E-state index contributed by atoms with van der Waals surface area (Å²) in [6.45, 7) is 0. The average Bonchev–Trinajstić information content (AvgIpc) is 3.76. The molecule has 0 spiro atoms. The van der Waals surface area contributed by atoms with E-state index in [-0.39, 0.29) is 11.8 Å². The Labute approximate surface area is 233 Å². The van der Waals surface area contributed by atoms with E-state index >= 15 is 0 Å². The summed E-state index contributed by atoms with van der Waals surface area (Å²) in [5, 5.41) is 11.2. The number of rotatable bonds is 6. The lowest BCUT2D eigenvalue weighted by molar-refractivity contribution is -0.119. The average molecular weight is 549 g/mol. The highest BCUT2D eigenvalue weighted by Gasteiger charge is 2.23. The maximum absolute atomic E-state index is 14.3. The third-order valence-corrected chi connectivity index (χ3v) is 7.49. The molecule has 1 aliphatic rings. The summed E-state index contributed by atoms with van der Waals surface area (Å²) in [5.41, 5.74) is 5.81. The number of methoxy groups -OCH3 is 1. The van der Waals surface area contributed by atoms with Crippen LogP contribution in [0, 0.1) is 11.7 Å². The number of benzene rings is 1. The molecule has 10 nitrogen and oxygen atoms in total. The van der Waals surface area contributed by atoms with Crippen molar-refractivity contribution < 1.29 is 13.9 Å². The number of anilines is 1. The number of carbonyl (C=O) groups is 1. The molecule has 5 heterocycles. The highest BCUT2D eigenvalue weighted by molar-refractivity contribution is 5.97. The largest absolute Gasteiger partial charge is 0.497 e. The van der Waals surface area contributed by atoms with Crippen molar-refractivity contribution >= 4 is 33.7 Å². The van der Waals surface area contributed by atoms with Crippen LogP contribution in [0.5, 0.6) is 5.75 Å². The zero-order valence-electron chi connectivity index (χ0n) is 22.1. The van der Waals surface area contributed by atoms with E-state index in [0.717, 1.165) is 47.7 Å². The molecule has 1 aromatic carbocycles. The highest BCUT2D eigenvalue weighted by Crippen LogP contribution is 2.33. The number of pyridine rings is 3. The monoisotopic (exact) mass is 548 g/mol. The molecule has 6 aromatic rings. The molecule has 1 fully saturated rings. The Morgan fingerprint density at radius 1 is 1.00 bits per heavy atom. The van der Waals surface area contributed by atoms with Gasteiger partial charge in [0, 0.05) is 47.3 Å². The Balaban J connectivity index is 1.25. The minimum absolute atomic E-state index is 0.0441. The number of nitrogens with one attached hydrogen (secondary N) is 3. The van der Waals surface area contributed by atoms with E-state index in [9.17, 15) is 9.18 Å². The van der Waals surface area contributed by atoms with Gasteiger partial charge in [0.1, 0.15) is 22.8 Å². The molecule has 1 aliphatic carbocycles. The predicted octanol–water partition coefficient (Wildman–Crippen LogP) is 5.90. The number of fused-ring (bicyclic) bond motifs is 2. The molecule has 1 saturated carbocycles. The number of nitrogens with zero attached hydrogens (tertiary/aromatic N) is 5. The summed E-state index contributed by atoms with van der Waals surface area (Å²) < 4.78 is 19.5. The van der Waals surface area contributed by atoms with Crippen LogP contribution < -0.4 is 10.1 Å². The molecule has 11 heteroatoms. The number of H-pyrrole nitrogens is 2. The number of halogens is 1. The molecule has 0 radical (unpaired) electrons. The van der Waals surface area contributed by atoms with Crippen molar-refractivity contribution in [3.05, 3.63) is 67.0 Å². The quantitative estimate of drug-likeness (QED) is 0.236. The van der Waals surface area contributed by atoms with E-state index in [0.29, 0.717) is 45.4 Å². The summed E-state index contributed by atoms with van der Waals surface area (Å²) in [6.07, 6.45) is 10.8. The van der Waals surface area contributed by atoms with Gasteiger partial charge in [-0.05, 0) is 43.2 Å². The van der Waals surface area contributed by atoms with Gasteiger partial charge in [-0.3, -0.25) is 19.9 Å². The van der Waals surface area contributed by atoms with Crippen LogP contribution in [0.15, 0.2) is 61.2 Å². The molecule has 204 valence electrons. The number of imidazole rings is 1. The lowest BCUT2D eigenvalue weighted by Crippen LogP contribution is -2.20. The first kappa shape index (κ1) is 24.8. The van der Waals surface area contributed by atoms with Crippen LogP contribution in [0.3, 0.4) is 0 Å². The SMILES string of the molecule is COc1cc(F)cc(-c2nccc3[nH]c(-c4n[nH]c5ncc(-c6cncc(NC(=O)C7CCCC7)c6)cc45)nc23)c1. The van der Waals surface area contributed by atoms with Crippen LogP contribution in [0.1, 0.15) is 25.7 Å². The van der Waals surface area contributed by atoms with E-state index in [1.165, 1.54) is 19.2 Å². The highest BCUT2D eigenvalue weighted by atomic mass is 19.1. The Hall–Kier alpha value is -5.19. The van der Waals surface area contributed by atoms with Crippen molar-refractivity contribution in [2.75, 3.05) is 12.4 Å². The number of carbonyl (C=O) groups excluding carboxylic acids is 1. The molecule has 41 heavy (non-hydrogen) atoms. The first-order valence-corrected chi connectivity index (χ1v) is 13.4. The lowest BCUT2D eigenvalue weighted by Gasteiger charge is -2.11. The number of amides is 1. The van der Waals surface area contributed by atoms with E-state index in [1.54, 1.807) is 36.9 Å². The minimum Gasteiger partial charge on any atom is -0.497 e. The second-order valence-corrected chi connectivity index (χ2v) is 10.1. The van der Waals surface area contributed by atoms with Crippen molar-refractivity contribution in [3.63, 3.8) is 0 Å². The second kappa shape index (κ2) is 10.1. The molecule has 0 atom stereocenters. The van der Waals surface area contributed by atoms with Crippen molar-refractivity contribution in [1.29, 1.82) is 0 Å². The van der Waals surface area contributed by atoms with Crippen molar-refractivity contribution in [3.8, 4) is 39.7 Å². The topological polar surface area (TPSA) is 134 Å². The Morgan fingerprint density at radius 3 is 2.71 bits per heavy atom. The molecule has 5 aromatic heterocycles. The first-order chi connectivity index (χ1) is 20.1. The van der Waals surface area contributed by atoms with Gasteiger partial charge < -0.3 is 15.0 Å². The van der Waals surface area contributed by atoms with Crippen LogP contribution in [0.25, 0.3) is 56.0 Å². The number of aromatic nitrogens is 7. The van der Waals surface area contributed by atoms with Crippen molar-refractivity contribution in [2.45, 2.75) is 25.7 Å². The van der Waals surface area contributed by atoms with Crippen LogP contribution in [-0.4, -0.2) is 48.1 Å². The molecular weight excluding hydrogens is 523 g/mol. The molecular formula is C30H25FN8O2. The minimum atomic E-state index is -0.428. The van der Waals surface area contributed by atoms with E-state index in [2.05, 4.69) is 35.5 Å². The zero-order chi connectivity index (χ0) is 27.9. The van der Waals surface area contributed by atoms with Gasteiger partial charge in [0.2, 0.25) is 5.91 Å². The van der Waals surface area contributed by atoms with Crippen molar-refractivity contribution in [1.82, 2.24) is 35.1 Å². The van der Waals surface area contributed by atoms with Gasteiger partial charge >= 0.3 is 0 Å². The maximum atomic E-state index is 14.3. The smallest absolute Gasteiger partial charge is 0.227 e.